The Morgan fingerprint density at radius 1 is 0.895 bits per heavy atom. The van der Waals surface area contributed by atoms with Gasteiger partial charge < -0.3 is 42.0 Å². The van der Waals surface area contributed by atoms with Crippen LogP contribution in [0.4, 0.5) is 22.0 Å². The van der Waals surface area contributed by atoms with E-state index in [9.17, 15) is 41.8 Å². The Morgan fingerprint density at radius 2 is 1.51 bits per heavy atom. The van der Waals surface area contributed by atoms with Crippen LogP contribution in [0.15, 0.2) is 60.8 Å². The Bertz CT molecular complexity index is 1740. The normalized spacial score (nSPS) is 13.1. The zero-order chi connectivity index (χ0) is 42.9. The van der Waals surface area contributed by atoms with Crippen molar-refractivity contribution in [2.24, 2.45) is 16.9 Å². The summed E-state index contributed by atoms with van der Waals surface area (Å²) in [5, 5.41) is 18.1. The van der Waals surface area contributed by atoms with E-state index in [1.807, 2.05) is 55.7 Å². The molecule has 12 nitrogen and oxygen atoms in total. The molecule has 0 spiro atoms. The van der Waals surface area contributed by atoms with Crippen molar-refractivity contribution in [2.45, 2.75) is 91.1 Å². The summed E-state index contributed by atoms with van der Waals surface area (Å²) in [5.74, 6) is -3.01. The maximum absolute atomic E-state index is 15.0. The fourth-order valence-corrected chi connectivity index (χ4v) is 6.14. The highest BCUT2D eigenvalue weighted by Crippen LogP contribution is 2.41. The van der Waals surface area contributed by atoms with E-state index in [4.69, 9.17) is 11.5 Å². The molecule has 0 saturated heterocycles. The van der Waals surface area contributed by atoms with Gasteiger partial charge in [0.15, 0.2) is 0 Å². The van der Waals surface area contributed by atoms with Crippen LogP contribution in [0.1, 0.15) is 77.6 Å². The van der Waals surface area contributed by atoms with Crippen molar-refractivity contribution in [2.75, 3.05) is 32.8 Å². The molecule has 2 unspecified atom stereocenters. The molecule has 0 aliphatic rings. The number of aliphatic hydroxyl groups is 1. The number of amides is 4. The minimum atomic E-state index is -4.00. The average molecular weight is 810 g/mol. The number of aromatic nitrogens is 1. The van der Waals surface area contributed by atoms with Crippen LogP contribution in [0.5, 0.6) is 0 Å². The van der Waals surface area contributed by atoms with Gasteiger partial charge in [0.05, 0.1) is 12.1 Å². The van der Waals surface area contributed by atoms with Gasteiger partial charge in [-0.1, -0.05) is 51.1 Å². The fourth-order valence-electron chi connectivity index (χ4n) is 6.14. The quantitative estimate of drug-likeness (QED) is 0.0759. The van der Waals surface area contributed by atoms with Gasteiger partial charge in [-0.25, -0.2) is 8.78 Å². The van der Waals surface area contributed by atoms with Crippen molar-refractivity contribution in [3.05, 3.63) is 83.7 Å². The van der Waals surface area contributed by atoms with E-state index in [1.165, 1.54) is 11.8 Å². The van der Waals surface area contributed by atoms with Crippen molar-refractivity contribution in [3.63, 3.8) is 0 Å². The SMILES string of the molecule is CC(=O)NC(CCCCN)C(=O)NCCNC(=O)[C@@H](N)CCN(C(=O)CO)C(c1cc(-c2cc(F)ccc2F)cn1Cc1ccccc1)C(C)(C)C.CC(F)(F)F. The fraction of sp³-hybridized carbons (Fsp3) is 0.500. The summed E-state index contributed by atoms with van der Waals surface area (Å²) in [6.07, 6.45) is -0.439. The number of alkyl halides is 3. The standard InChI is InChI=1S/C38H53F2N7O5.C2H3F3/c1-25(49)45-32(12-8-9-16-41)37(52)44-18-17-43-36(51)31(42)15-19-47(34(50)24-48)35(38(2,3)4)33-20-27(29-21-28(39)13-14-30(29)40)23-46(33)22-26-10-6-5-7-11-26;1-2(3,4)5/h5-7,10-11,13-14,20-21,23,31-32,35,48H,8-9,12,15-19,22,24,41-42H2,1-4H3,(H,43,51)(H,44,52)(H,45,49);1H3/t31-,32?,35?;/m0./s1. The number of nitrogens with one attached hydrogen (secondary N) is 3. The molecule has 3 aromatic rings. The number of aliphatic hydroxyl groups excluding tert-OH is 1. The maximum Gasteiger partial charge on any atom is 0.386 e. The number of nitrogens with zero attached hydrogens (tertiary/aromatic N) is 2. The van der Waals surface area contributed by atoms with Crippen molar-refractivity contribution in [3.8, 4) is 11.1 Å². The third-order valence-corrected chi connectivity index (χ3v) is 8.61. The molecule has 4 amide bonds. The van der Waals surface area contributed by atoms with Crippen LogP contribution >= 0.6 is 0 Å². The number of halogens is 5. The largest absolute Gasteiger partial charge is 0.387 e. The molecule has 17 heteroatoms. The zero-order valence-electron chi connectivity index (χ0n) is 33.1. The van der Waals surface area contributed by atoms with Gasteiger partial charge in [-0.3, -0.25) is 19.2 Å². The third kappa shape index (κ3) is 17.0. The number of carbonyl (C=O) groups is 4. The van der Waals surface area contributed by atoms with Gasteiger partial charge in [0.2, 0.25) is 23.6 Å². The first-order chi connectivity index (χ1) is 26.7. The number of nitrogens with two attached hydrogens (primary N) is 2. The lowest BCUT2D eigenvalue weighted by molar-refractivity contribution is -0.140. The molecule has 8 N–H and O–H groups in total. The van der Waals surface area contributed by atoms with E-state index < -0.39 is 59.8 Å². The predicted octanol–water partition coefficient (Wildman–Crippen LogP) is 4.54. The molecule has 2 aromatic carbocycles. The van der Waals surface area contributed by atoms with Crippen LogP contribution in [0.3, 0.4) is 0 Å². The summed E-state index contributed by atoms with van der Waals surface area (Å²) < 4.78 is 62.2. The van der Waals surface area contributed by atoms with Gasteiger partial charge in [0, 0.05) is 63.0 Å². The molecule has 0 bridgehead atoms. The number of hydrogen-bond donors (Lipinski definition) is 6. The molecular formula is C40H56F5N7O5. The average Bonchev–Trinajstić information content (AvgIpc) is 3.52. The molecule has 3 atom stereocenters. The van der Waals surface area contributed by atoms with Gasteiger partial charge in [0.1, 0.15) is 24.3 Å². The molecular weight excluding hydrogens is 753 g/mol. The molecule has 57 heavy (non-hydrogen) atoms. The summed E-state index contributed by atoms with van der Waals surface area (Å²) in [6.45, 7) is 7.49. The first-order valence-electron chi connectivity index (χ1n) is 18.6. The third-order valence-electron chi connectivity index (χ3n) is 8.61. The van der Waals surface area contributed by atoms with E-state index in [0.29, 0.717) is 43.6 Å². The highest BCUT2D eigenvalue weighted by atomic mass is 19.4. The van der Waals surface area contributed by atoms with E-state index in [2.05, 4.69) is 16.0 Å². The molecule has 3 rings (SSSR count). The highest BCUT2D eigenvalue weighted by Gasteiger charge is 2.37. The molecule has 0 radical (unpaired) electrons. The van der Waals surface area contributed by atoms with Crippen molar-refractivity contribution >= 4 is 23.6 Å². The van der Waals surface area contributed by atoms with Crippen LogP contribution in [0.2, 0.25) is 0 Å². The molecule has 1 heterocycles. The Morgan fingerprint density at radius 3 is 2.07 bits per heavy atom. The van der Waals surface area contributed by atoms with E-state index in [0.717, 1.165) is 23.8 Å². The van der Waals surface area contributed by atoms with Crippen molar-refractivity contribution in [1.29, 1.82) is 0 Å². The lowest BCUT2D eigenvalue weighted by Crippen LogP contribution is -2.49. The summed E-state index contributed by atoms with van der Waals surface area (Å²) in [4.78, 5) is 52.1. The number of hydrogen-bond acceptors (Lipinski definition) is 7. The van der Waals surface area contributed by atoms with Gasteiger partial charge in [-0.2, -0.15) is 13.2 Å². The summed E-state index contributed by atoms with van der Waals surface area (Å²) in [7, 11) is 0. The Kier molecular flexibility index (Phi) is 19.3. The van der Waals surface area contributed by atoms with Crippen LogP contribution in [-0.4, -0.2) is 89.2 Å². The Hall–Kier alpha value is -4.87. The van der Waals surface area contributed by atoms with Gasteiger partial charge >= 0.3 is 6.18 Å². The molecule has 0 fully saturated rings. The van der Waals surface area contributed by atoms with E-state index in [1.54, 1.807) is 12.3 Å². The van der Waals surface area contributed by atoms with Gasteiger partial charge in [0.25, 0.3) is 0 Å². The zero-order valence-corrected chi connectivity index (χ0v) is 33.1. The minimum absolute atomic E-state index is 0.00593. The van der Waals surface area contributed by atoms with Crippen molar-refractivity contribution in [1.82, 2.24) is 25.4 Å². The van der Waals surface area contributed by atoms with Gasteiger partial charge in [-0.15, -0.1) is 0 Å². The van der Waals surface area contributed by atoms with E-state index in [-0.39, 0.29) is 50.4 Å². The van der Waals surface area contributed by atoms with Crippen LogP contribution < -0.4 is 27.4 Å². The molecule has 0 saturated carbocycles. The minimum Gasteiger partial charge on any atom is -0.387 e. The number of carbonyl (C=O) groups excluding carboxylic acids is 4. The first kappa shape index (κ1) is 48.3. The topological polar surface area (TPSA) is 185 Å². The highest BCUT2D eigenvalue weighted by molar-refractivity contribution is 5.87. The Labute approximate surface area is 330 Å². The van der Waals surface area contributed by atoms with Crippen LogP contribution in [0, 0.1) is 17.0 Å². The smallest absolute Gasteiger partial charge is 0.386 e. The van der Waals surface area contributed by atoms with Crippen molar-refractivity contribution < 1.29 is 46.2 Å². The second kappa shape index (κ2) is 22.8. The predicted molar refractivity (Wildman–Crippen MR) is 207 cm³/mol. The molecule has 0 aliphatic heterocycles. The molecule has 316 valence electrons. The second-order valence-electron chi connectivity index (χ2n) is 14.7. The number of unbranched alkanes of at least 4 members (excludes halogenated alkanes) is 1. The lowest BCUT2D eigenvalue weighted by Gasteiger charge is -2.41. The van der Waals surface area contributed by atoms with E-state index >= 15 is 4.39 Å². The Balaban J connectivity index is 0.00000210. The summed E-state index contributed by atoms with van der Waals surface area (Å²) in [5.41, 5.74) is 13.2. The monoisotopic (exact) mass is 809 g/mol. The summed E-state index contributed by atoms with van der Waals surface area (Å²) >= 11 is 0. The maximum atomic E-state index is 15.0. The second-order valence-corrected chi connectivity index (χ2v) is 14.7. The molecule has 1 aromatic heterocycles. The van der Waals surface area contributed by atoms with Crippen LogP contribution in [-0.2, 0) is 25.7 Å². The van der Waals surface area contributed by atoms with Crippen LogP contribution in [0.25, 0.3) is 11.1 Å². The number of rotatable bonds is 19. The summed E-state index contributed by atoms with van der Waals surface area (Å²) in [6, 6.07) is 12.1. The lowest BCUT2D eigenvalue weighted by atomic mass is 9.82. The number of benzene rings is 2. The van der Waals surface area contributed by atoms with Gasteiger partial charge in [-0.05, 0) is 67.5 Å². The molecule has 0 aliphatic carbocycles. The first-order valence-corrected chi connectivity index (χ1v) is 18.6.